The standard InChI is InChI=1S/C14H15FN4OS/c1-14(2,12-17-4-5-21-12)19-10-7-11(20-3)8(15)6-9(10)18-13(19)16/h4-7H,1-3H3,(H2,16,18). The number of hydrogen-bond donors (Lipinski definition) is 1. The van der Waals surface area contributed by atoms with Crippen LogP contribution in [0.5, 0.6) is 5.75 Å². The summed E-state index contributed by atoms with van der Waals surface area (Å²) in [4.78, 5) is 8.61. The number of rotatable bonds is 3. The van der Waals surface area contributed by atoms with E-state index in [-0.39, 0.29) is 5.75 Å². The van der Waals surface area contributed by atoms with Gasteiger partial charge in [-0.05, 0) is 13.8 Å². The molecule has 0 saturated heterocycles. The molecule has 0 saturated carbocycles. The van der Waals surface area contributed by atoms with Gasteiger partial charge in [0.2, 0.25) is 5.95 Å². The molecule has 0 spiro atoms. The first-order valence-electron chi connectivity index (χ1n) is 6.37. The molecular formula is C14H15FN4OS. The number of nitrogens with two attached hydrogens (primary N) is 1. The van der Waals surface area contributed by atoms with E-state index in [1.54, 1.807) is 12.3 Å². The fourth-order valence-corrected chi connectivity index (χ4v) is 3.21. The van der Waals surface area contributed by atoms with Crippen molar-refractivity contribution in [3.05, 3.63) is 34.5 Å². The van der Waals surface area contributed by atoms with Crippen molar-refractivity contribution in [2.45, 2.75) is 19.4 Å². The van der Waals surface area contributed by atoms with E-state index < -0.39 is 11.4 Å². The maximum atomic E-state index is 13.8. The van der Waals surface area contributed by atoms with Crippen LogP contribution in [0, 0.1) is 5.82 Å². The van der Waals surface area contributed by atoms with Gasteiger partial charge < -0.3 is 10.5 Å². The molecule has 0 fully saturated rings. The zero-order valence-corrected chi connectivity index (χ0v) is 12.7. The maximum Gasteiger partial charge on any atom is 0.202 e. The van der Waals surface area contributed by atoms with Crippen molar-refractivity contribution < 1.29 is 9.13 Å². The fourth-order valence-electron chi connectivity index (χ4n) is 2.46. The molecule has 0 aliphatic carbocycles. The molecule has 0 amide bonds. The third-order valence-electron chi connectivity index (χ3n) is 3.47. The summed E-state index contributed by atoms with van der Waals surface area (Å²) in [5.41, 5.74) is 6.77. The van der Waals surface area contributed by atoms with Crippen LogP contribution in [0.1, 0.15) is 18.9 Å². The highest BCUT2D eigenvalue weighted by Gasteiger charge is 2.30. The van der Waals surface area contributed by atoms with Crippen LogP contribution in [-0.2, 0) is 5.54 Å². The third kappa shape index (κ3) is 2.04. The van der Waals surface area contributed by atoms with Gasteiger partial charge in [0, 0.05) is 23.7 Å². The summed E-state index contributed by atoms with van der Waals surface area (Å²) in [6, 6.07) is 2.95. The summed E-state index contributed by atoms with van der Waals surface area (Å²) in [5, 5.41) is 2.81. The van der Waals surface area contributed by atoms with E-state index in [9.17, 15) is 4.39 Å². The van der Waals surface area contributed by atoms with Gasteiger partial charge in [-0.1, -0.05) is 0 Å². The Labute approximate surface area is 125 Å². The predicted molar refractivity (Wildman–Crippen MR) is 81.2 cm³/mol. The van der Waals surface area contributed by atoms with Crippen molar-refractivity contribution >= 4 is 28.3 Å². The number of ether oxygens (including phenoxy) is 1. The van der Waals surface area contributed by atoms with Gasteiger partial charge in [0.15, 0.2) is 11.6 Å². The zero-order chi connectivity index (χ0) is 15.2. The topological polar surface area (TPSA) is 66.0 Å². The molecular weight excluding hydrogens is 291 g/mol. The number of fused-ring (bicyclic) bond motifs is 1. The molecule has 5 nitrogen and oxygen atoms in total. The van der Waals surface area contributed by atoms with Gasteiger partial charge in [-0.3, -0.25) is 4.57 Å². The molecule has 0 aliphatic heterocycles. The number of thiazole rings is 1. The quantitative estimate of drug-likeness (QED) is 0.808. The van der Waals surface area contributed by atoms with Crippen LogP contribution in [0.25, 0.3) is 11.0 Å². The molecule has 3 aromatic rings. The molecule has 2 heterocycles. The first-order valence-corrected chi connectivity index (χ1v) is 7.25. The minimum atomic E-state index is -0.490. The van der Waals surface area contributed by atoms with Gasteiger partial charge >= 0.3 is 0 Å². The Bertz CT molecular complexity index is 795. The number of halogens is 1. The van der Waals surface area contributed by atoms with Gasteiger partial charge in [0.1, 0.15) is 5.01 Å². The van der Waals surface area contributed by atoms with Crippen LogP contribution >= 0.6 is 11.3 Å². The number of hydrogen-bond acceptors (Lipinski definition) is 5. The molecule has 0 bridgehead atoms. The average molecular weight is 306 g/mol. The Morgan fingerprint density at radius 1 is 1.38 bits per heavy atom. The fraction of sp³-hybridized carbons (Fsp3) is 0.286. The Hall–Kier alpha value is -2.15. The molecule has 0 aliphatic rings. The second kappa shape index (κ2) is 4.70. The largest absolute Gasteiger partial charge is 0.494 e. The van der Waals surface area contributed by atoms with Crippen molar-refractivity contribution in [3.8, 4) is 5.75 Å². The second-order valence-electron chi connectivity index (χ2n) is 5.18. The number of methoxy groups -OCH3 is 1. The van der Waals surface area contributed by atoms with Crippen LogP contribution in [0.3, 0.4) is 0 Å². The maximum absolute atomic E-state index is 13.8. The van der Waals surface area contributed by atoms with Crippen LogP contribution < -0.4 is 10.5 Å². The molecule has 110 valence electrons. The number of benzene rings is 1. The highest BCUT2D eigenvalue weighted by atomic mass is 32.1. The number of nitrogens with zero attached hydrogens (tertiary/aromatic N) is 3. The second-order valence-corrected chi connectivity index (χ2v) is 6.07. The van der Waals surface area contributed by atoms with Crippen molar-refractivity contribution in [2.75, 3.05) is 12.8 Å². The molecule has 2 aromatic heterocycles. The van der Waals surface area contributed by atoms with E-state index in [2.05, 4.69) is 9.97 Å². The molecule has 21 heavy (non-hydrogen) atoms. The molecule has 1 aromatic carbocycles. The number of aromatic nitrogens is 3. The summed E-state index contributed by atoms with van der Waals surface area (Å²) < 4.78 is 20.7. The highest BCUT2D eigenvalue weighted by Crippen LogP contribution is 2.35. The SMILES string of the molecule is COc1cc2c(cc1F)nc(N)n2C(C)(C)c1nccs1. The average Bonchev–Trinajstić information content (AvgIpc) is 3.04. The third-order valence-corrected chi connectivity index (χ3v) is 4.55. The van der Waals surface area contributed by atoms with Gasteiger partial charge in [-0.25, -0.2) is 14.4 Å². The van der Waals surface area contributed by atoms with Crippen molar-refractivity contribution in [1.82, 2.24) is 14.5 Å². The van der Waals surface area contributed by atoms with E-state index in [1.165, 1.54) is 24.5 Å². The lowest BCUT2D eigenvalue weighted by Crippen LogP contribution is -2.28. The molecule has 7 heteroatoms. The summed E-state index contributed by atoms with van der Waals surface area (Å²) in [6.07, 6.45) is 1.75. The molecule has 0 radical (unpaired) electrons. The van der Waals surface area contributed by atoms with Gasteiger partial charge in [-0.2, -0.15) is 0 Å². The van der Waals surface area contributed by atoms with Gasteiger partial charge in [0.05, 0.1) is 23.7 Å². The first kappa shape index (κ1) is 13.8. The van der Waals surface area contributed by atoms with Crippen LogP contribution in [0.15, 0.2) is 23.7 Å². The molecule has 3 rings (SSSR count). The summed E-state index contributed by atoms with van der Waals surface area (Å²) in [7, 11) is 1.43. The Morgan fingerprint density at radius 2 is 2.14 bits per heavy atom. The van der Waals surface area contributed by atoms with Crippen molar-refractivity contribution in [3.63, 3.8) is 0 Å². The summed E-state index contributed by atoms with van der Waals surface area (Å²) >= 11 is 1.54. The molecule has 2 N–H and O–H groups in total. The Morgan fingerprint density at radius 3 is 2.76 bits per heavy atom. The normalized spacial score (nSPS) is 12.0. The van der Waals surface area contributed by atoms with E-state index >= 15 is 0 Å². The predicted octanol–water partition coefficient (Wildman–Crippen LogP) is 3.01. The van der Waals surface area contributed by atoms with Crippen LogP contribution in [0.4, 0.5) is 10.3 Å². The number of imidazole rings is 1. The van der Waals surface area contributed by atoms with Gasteiger partial charge in [0.25, 0.3) is 0 Å². The minimum Gasteiger partial charge on any atom is -0.494 e. The van der Waals surface area contributed by atoms with Crippen molar-refractivity contribution in [1.29, 1.82) is 0 Å². The minimum absolute atomic E-state index is 0.165. The number of nitrogen functional groups attached to an aromatic ring is 1. The van der Waals surface area contributed by atoms with E-state index in [1.807, 2.05) is 23.8 Å². The highest BCUT2D eigenvalue weighted by molar-refractivity contribution is 7.09. The summed E-state index contributed by atoms with van der Waals surface area (Å²) in [6.45, 7) is 4.00. The van der Waals surface area contributed by atoms with Crippen LogP contribution in [-0.4, -0.2) is 21.6 Å². The van der Waals surface area contributed by atoms with E-state index in [4.69, 9.17) is 10.5 Å². The number of anilines is 1. The van der Waals surface area contributed by atoms with E-state index in [0.29, 0.717) is 17.0 Å². The van der Waals surface area contributed by atoms with E-state index in [0.717, 1.165) is 5.01 Å². The lowest BCUT2D eigenvalue weighted by atomic mass is 10.1. The lowest BCUT2D eigenvalue weighted by Gasteiger charge is -2.26. The monoisotopic (exact) mass is 306 g/mol. The zero-order valence-electron chi connectivity index (χ0n) is 11.9. The van der Waals surface area contributed by atoms with Crippen LogP contribution in [0.2, 0.25) is 0 Å². The molecule has 0 atom stereocenters. The molecule has 0 unspecified atom stereocenters. The Balaban J connectivity index is 2.29. The van der Waals surface area contributed by atoms with Gasteiger partial charge in [-0.15, -0.1) is 11.3 Å². The van der Waals surface area contributed by atoms with Crippen molar-refractivity contribution in [2.24, 2.45) is 0 Å². The first-order chi connectivity index (χ1) is 9.95. The Kier molecular flexibility index (Phi) is 3.09. The lowest BCUT2D eigenvalue weighted by molar-refractivity contribution is 0.386. The smallest absolute Gasteiger partial charge is 0.202 e. The summed E-state index contributed by atoms with van der Waals surface area (Å²) in [5.74, 6) is 0.0261.